The number of methoxy groups -OCH3 is 1. The van der Waals surface area contributed by atoms with Crippen molar-refractivity contribution in [3.05, 3.63) is 23.5 Å². The third kappa shape index (κ3) is 2.89. The molecule has 2 saturated heterocycles. The van der Waals surface area contributed by atoms with Crippen LogP contribution in [-0.2, 0) is 0 Å². The molecule has 2 unspecified atom stereocenters. The lowest BCUT2D eigenvalue weighted by atomic mass is 9.84. The van der Waals surface area contributed by atoms with Gasteiger partial charge in [0.25, 0.3) is 0 Å². The van der Waals surface area contributed by atoms with Crippen LogP contribution in [-0.4, -0.2) is 41.8 Å². The van der Waals surface area contributed by atoms with Gasteiger partial charge in [0, 0.05) is 24.2 Å². The average molecular weight is 336 g/mol. The van der Waals surface area contributed by atoms with Crippen LogP contribution in [0.1, 0.15) is 50.5 Å². The number of carboxylic acid groups (broad SMARTS) is 1. The number of ether oxygens (including phenoxy) is 1. The molecular formula is C18H25FN2O3. The van der Waals surface area contributed by atoms with Gasteiger partial charge in [-0.3, -0.25) is 0 Å². The fourth-order valence-corrected chi connectivity index (χ4v) is 4.25. The second kappa shape index (κ2) is 6.87. The molecule has 0 saturated carbocycles. The number of benzene rings is 1. The smallest absolute Gasteiger partial charge is 0.407 e. The number of carbonyl (C=O) groups is 1. The van der Waals surface area contributed by atoms with Gasteiger partial charge in [-0.05, 0) is 50.2 Å². The summed E-state index contributed by atoms with van der Waals surface area (Å²) in [5.74, 6) is 0.301. The minimum absolute atomic E-state index is 0.00331. The highest BCUT2D eigenvalue weighted by atomic mass is 19.1. The van der Waals surface area contributed by atoms with Crippen LogP contribution >= 0.6 is 0 Å². The van der Waals surface area contributed by atoms with Crippen LogP contribution in [0.15, 0.2) is 12.1 Å². The van der Waals surface area contributed by atoms with Gasteiger partial charge in [-0.15, -0.1) is 0 Å². The van der Waals surface area contributed by atoms with Crippen molar-refractivity contribution < 1.29 is 19.0 Å². The molecular weight excluding hydrogens is 311 g/mol. The minimum atomic E-state index is -0.855. The van der Waals surface area contributed by atoms with Gasteiger partial charge in [0.2, 0.25) is 0 Å². The van der Waals surface area contributed by atoms with Crippen molar-refractivity contribution in [3.8, 4) is 5.75 Å². The third-order valence-electron chi connectivity index (χ3n) is 5.29. The molecule has 1 aromatic carbocycles. The number of piperidine rings is 1. The van der Waals surface area contributed by atoms with E-state index in [0.29, 0.717) is 36.4 Å². The summed E-state index contributed by atoms with van der Waals surface area (Å²) in [5, 5.41) is 12.5. The number of nitrogens with one attached hydrogen (secondary N) is 1. The second-order valence-corrected chi connectivity index (χ2v) is 6.71. The van der Waals surface area contributed by atoms with E-state index in [1.165, 1.54) is 0 Å². The van der Waals surface area contributed by atoms with Crippen molar-refractivity contribution in [3.63, 3.8) is 0 Å². The Labute approximate surface area is 141 Å². The van der Waals surface area contributed by atoms with E-state index in [2.05, 4.69) is 5.32 Å². The Morgan fingerprint density at radius 3 is 2.58 bits per heavy atom. The van der Waals surface area contributed by atoms with Crippen LogP contribution in [0.3, 0.4) is 0 Å². The Hall–Kier alpha value is -1.98. The molecule has 0 aliphatic carbocycles. The first-order valence-electron chi connectivity index (χ1n) is 8.68. The average Bonchev–Trinajstić information content (AvgIpc) is 2.84. The molecule has 2 bridgehead atoms. The zero-order valence-electron chi connectivity index (χ0n) is 14.2. The van der Waals surface area contributed by atoms with Gasteiger partial charge in [-0.25, -0.2) is 9.18 Å². The molecule has 2 heterocycles. The van der Waals surface area contributed by atoms with E-state index in [9.17, 15) is 9.90 Å². The molecule has 0 spiro atoms. The van der Waals surface area contributed by atoms with Crippen molar-refractivity contribution in [1.29, 1.82) is 0 Å². The Balaban J connectivity index is 1.90. The molecule has 0 aromatic heterocycles. The van der Waals surface area contributed by atoms with E-state index >= 15 is 4.39 Å². The van der Waals surface area contributed by atoms with Crippen LogP contribution in [0.25, 0.3) is 0 Å². The SMILES string of the molecule is CCCNc1ccc(OC)c(C2CC3CCC(C2)N3C(=O)O)c1F. The molecule has 0 radical (unpaired) electrons. The Morgan fingerprint density at radius 2 is 2.04 bits per heavy atom. The molecule has 6 heteroatoms. The number of rotatable bonds is 5. The predicted octanol–water partition coefficient (Wildman–Crippen LogP) is 4.04. The van der Waals surface area contributed by atoms with Crippen LogP contribution in [0.5, 0.6) is 5.75 Å². The topological polar surface area (TPSA) is 61.8 Å². The number of anilines is 1. The summed E-state index contributed by atoms with van der Waals surface area (Å²) >= 11 is 0. The van der Waals surface area contributed by atoms with Crippen molar-refractivity contribution in [2.24, 2.45) is 0 Å². The van der Waals surface area contributed by atoms with Crippen LogP contribution in [0.2, 0.25) is 0 Å². The molecule has 2 aliphatic rings. The van der Waals surface area contributed by atoms with Crippen LogP contribution in [0.4, 0.5) is 14.9 Å². The first-order chi connectivity index (χ1) is 11.6. The molecule has 2 aliphatic heterocycles. The van der Waals surface area contributed by atoms with Crippen LogP contribution in [0, 0.1) is 5.82 Å². The monoisotopic (exact) mass is 336 g/mol. The highest BCUT2D eigenvalue weighted by Crippen LogP contribution is 2.46. The number of amides is 1. The highest BCUT2D eigenvalue weighted by molar-refractivity contribution is 5.67. The van der Waals surface area contributed by atoms with Gasteiger partial charge in [-0.1, -0.05) is 6.92 Å². The van der Waals surface area contributed by atoms with Gasteiger partial charge < -0.3 is 20.1 Å². The summed E-state index contributed by atoms with van der Waals surface area (Å²) in [4.78, 5) is 13.0. The molecule has 5 nitrogen and oxygen atoms in total. The first-order valence-corrected chi connectivity index (χ1v) is 8.68. The van der Waals surface area contributed by atoms with Gasteiger partial charge >= 0.3 is 6.09 Å². The number of fused-ring (bicyclic) bond motifs is 2. The fourth-order valence-electron chi connectivity index (χ4n) is 4.25. The van der Waals surface area contributed by atoms with E-state index in [1.54, 1.807) is 18.1 Å². The minimum Gasteiger partial charge on any atom is -0.496 e. The Bertz CT molecular complexity index is 609. The zero-order valence-corrected chi connectivity index (χ0v) is 14.2. The van der Waals surface area contributed by atoms with Crippen molar-refractivity contribution >= 4 is 11.8 Å². The molecule has 3 rings (SSSR count). The number of nitrogens with zero attached hydrogens (tertiary/aromatic N) is 1. The molecule has 1 amide bonds. The Morgan fingerprint density at radius 1 is 1.38 bits per heavy atom. The molecule has 132 valence electrons. The summed E-state index contributed by atoms with van der Waals surface area (Å²) in [7, 11) is 1.55. The van der Waals surface area contributed by atoms with E-state index in [0.717, 1.165) is 19.3 Å². The number of hydrogen-bond acceptors (Lipinski definition) is 3. The molecule has 2 N–H and O–H groups in total. The molecule has 2 atom stereocenters. The summed E-state index contributed by atoms with van der Waals surface area (Å²) < 4.78 is 20.5. The molecule has 2 fully saturated rings. The third-order valence-corrected chi connectivity index (χ3v) is 5.29. The molecule has 1 aromatic rings. The number of hydrogen-bond donors (Lipinski definition) is 2. The summed E-state index contributed by atoms with van der Waals surface area (Å²) in [6, 6.07) is 3.50. The predicted molar refractivity (Wildman–Crippen MR) is 90.4 cm³/mol. The van der Waals surface area contributed by atoms with E-state index in [4.69, 9.17) is 4.74 Å². The highest BCUT2D eigenvalue weighted by Gasteiger charge is 2.45. The second-order valence-electron chi connectivity index (χ2n) is 6.71. The van der Waals surface area contributed by atoms with Crippen molar-refractivity contribution in [1.82, 2.24) is 4.90 Å². The standard InChI is InChI=1S/C18H25FN2O3/c1-3-8-20-14-6-7-15(24-2)16(17(14)19)11-9-12-4-5-13(10-11)21(12)18(22)23/h6-7,11-13,20H,3-5,8-10H2,1-2H3,(H,22,23). The quantitative estimate of drug-likeness (QED) is 0.852. The molecule has 24 heavy (non-hydrogen) atoms. The normalized spacial score (nSPS) is 25.6. The summed E-state index contributed by atoms with van der Waals surface area (Å²) in [5.41, 5.74) is 1.10. The van der Waals surface area contributed by atoms with E-state index in [1.807, 2.05) is 13.0 Å². The number of halogens is 1. The van der Waals surface area contributed by atoms with Gasteiger partial charge in [0.15, 0.2) is 5.82 Å². The lowest BCUT2D eigenvalue weighted by Gasteiger charge is -2.37. The van der Waals surface area contributed by atoms with E-state index < -0.39 is 6.09 Å². The van der Waals surface area contributed by atoms with Gasteiger partial charge in [0.05, 0.1) is 12.8 Å². The van der Waals surface area contributed by atoms with Crippen LogP contribution < -0.4 is 10.1 Å². The first kappa shape index (κ1) is 16.9. The summed E-state index contributed by atoms with van der Waals surface area (Å²) in [6.07, 6.45) is 3.12. The largest absolute Gasteiger partial charge is 0.496 e. The van der Waals surface area contributed by atoms with Gasteiger partial charge in [-0.2, -0.15) is 0 Å². The lowest BCUT2D eigenvalue weighted by Crippen LogP contribution is -2.45. The maximum atomic E-state index is 15.1. The van der Waals surface area contributed by atoms with E-state index in [-0.39, 0.29) is 23.8 Å². The lowest BCUT2D eigenvalue weighted by molar-refractivity contribution is 0.0958. The zero-order chi connectivity index (χ0) is 17.3. The van der Waals surface area contributed by atoms with Gasteiger partial charge in [0.1, 0.15) is 5.75 Å². The van der Waals surface area contributed by atoms with Crippen molar-refractivity contribution in [2.45, 2.75) is 57.0 Å². The summed E-state index contributed by atoms with van der Waals surface area (Å²) in [6.45, 7) is 2.75. The van der Waals surface area contributed by atoms with Crippen molar-refractivity contribution in [2.75, 3.05) is 19.0 Å². The maximum absolute atomic E-state index is 15.1. The fraction of sp³-hybridized carbons (Fsp3) is 0.611. The Kier molecular flexibility index (Phi) is 4.83. The maximum Gasteiger partial charge on any atom is 0.407 e.